The molecule has 0 radical (unpaired) electrons. The highest BCUT2D eigenvalue weighted by Crippen LogP contribution is 2.60. The molecule has 1 saturated heterocycles. The first-order valence-electron chi connectivity index (χ1n) is 29.5. The summed E-state index contributed by atoms with van der Waals surface area (Å²) in [4.78, 5) is 62.1. The average Bonchev–Trinajstić information content (AvgIpc) is 3.69. The summed E-state index contributed by atoms with van der Waals surface area (Å²) in [6.45, 7) is 4.28. The van der Waals surface area contributed by atoms with Gasteiger partial charge in [0.05, 0.1) is 19.3 Å². The third kappa shape index (κ3) is 36.6. The molecule has 21 heteroatoms. The number of allylic oxidation sites excluding steroid dienone is 10. The second-order valence-electron chi connectivity index (χ2n) is 20.6. The summed E-state index contributed by atoms with van der Waals surface area (Å²) in [5.74, 6) is -0.550. The number of nitrogen functional groups attached to an aromatic ring is 1. The number of unbranched alkanes of at least 4 members (excludes halogenated alkanes) is 17. The van der Waals surface area contributed by atoms with Crippen LogP contribution < -0.4 is 11.4 Å². The fraction of sp³-hybridized carbons (Fsp3) is 0.695. The summed E-state index contributed by atoms with van der Waals surface area (Å²) in [7, 11) is -10.9. The van der Waals surface area contributed by atoms with E-state index in [0.717, 1.165) is 61.6 Å². The number of hydrogen-bond acceptors (Lipinski definition) is 16. The molecule has 7 N–H and O–H groups in total. The Hall–Kier alpha value is -3.84. The van der Waals surface area contributed by atoms with Crippen LogP contribution >= 0.6 is 15.6 Å². The monoisotopic (exact) mass is 1170 g/mol. The number of rotatable bonds is 48. The number of ether oxygens (including phenoxy) is 3. The molecule has 80 heavy (non-hydrogen) atoms. The highest BCUT2D eigenvalue weighted by molar-refractivity contribution is 7.61. The number of phosphoric ester groups is 2. The Labute approximate surface area is 477 Å². The van der Waals surface area contributed by atoms with Gasteiger partial charge in [-0.05, 0) is 56.9 Å². The number of carbonyl (C=O) groups excluding carboxylic acids is 2. The molecule has 1 aromatic heterocycles. The lowest BCUT2D eigenvalue weighted by molar-refractivity contribution is -0.161. The van der Waals surface area contributed by atoms with Gasteiger partial charge in [-0.15, -0.1) is 0 Å². The lowest BCUT2D eigenvalue weighted by Crippen LogP contribution is -2.36. The van der Waals surface area contributed by atoms with Crippen molar-refractivity contribution in [2.45, 2.75) is 237 Å². The van der Waals surface area contributed by atoms with Crippen molar-refractivity contribution >= 4 is 33.4 Å². The van der Waals surface area contributed by atoms with Gasteiger partial charge >= 0.3 is 33.3 Å². The fourth-order valence-corrected chi connectivity index (χ4v) is 10.6. The topological polar surface area (TPSA) is 286 Å². The molecule has 0 aromatic carbocycles. The van der Waals surface area contributed by atoms with E-state index in [0.29, 0.717) is 25.7 Å². The molecular formula is C59H99N3O16P2. The van der Waals surface area contributed by atoms with E-state index in [1.54, 1.807) is 12.2 Å². The number of nitrogens with two attached hydrogens (primary N) is 1. The van der Waals surface area contributed by atoms with Gasteiger partial charge in [-0.3, -0.25) is 23.2 Å². The summed E-state index contributed by atoms with van der Waals surface area (Å²) in [5.41, 5.74) is 4.59. The number of esters is 2. The Balaban J connectivity index is 1.77. The van der Waals surface area contributed by atoms with Gasteiger partial charge in [-0.25, -0.2) is 13.9 Å². The van der Waals surface area contributed by atoms with Crippen LogP contribution in [0.15, 0.2) is 90.0 Å². The maximum absolute atomic E-state index is 12.9. The molecule has 0 amide bonds. The first-order chi connectivity index (χ1) is 38.5. The van der Waals surface area contributed by atoms with Crippen LogP contribution in [-0.2, 0) is 46.3 Å². The lowest BCUT2D eigenvalue weighted by Gasteiger charge is -2.21. The largest absolute Gasteiger partial charge is 0.481 e. The van der Waals surface area contributed by atoms with Gasteiger partial charge in [0, 0.05) is 19.0 Å². The van der Waals surface area contributed by atoms with Gasteiger partial charge in [-0.2, -0.15) is 9.29 Å². The zero-order valence-electron chi connectivity index (χ0n) is 48.1. The Morgan fingerprint density at radius 1 is 0.713 bits per heavy atom. The van der Waals surface area contributed by atoms with Gasteiger partial charge in [0.15, 0.2) is 12.3 Å². The third-order valence-electron chi connectivity index (χ3n) is 13.4. The summed E-state index contributed by atoms with van der Waals surface area (Å²) < 4.78 is 56.9. The van der Waals surface area contributed by atoms with Gasteiger partial charge < -0.3 is 45.1 Å². The van der Waals surface area contributed by atoms with Crippen molar-refractivity contribution in [1.82, 2.24) is 9.55 Å². The van der Waals surface area contributed by atoms with Crippen molar-refractivity contribution in [3.63, 3.8) is 0 Å². The van der Waals surface area contributed by atoms with Crippen molar-refractivity contribution in [1.29, 1.82) is 0 Å². The van der Waals surface area contributed by atoms with E-state index >= 15 is 0 Å². The number of phosphoric acid groups is 2. The fourth-order valence-electron chi connectivity index (χ4n) is 8.52. The minimum Gasteiger partial charge on any atom is -0.462 e. The zero-order valence-corrected chi connectivity index (χ0v) is 49.9. The normalized spacial score (nSPS) is 19.7. The molecular weight excluding hydrogens is 1070 g/mol. The maximum Gasteiger partial charge on any atom is 0.481 e. The summed E-state index contributed by atoms with van der Waals surface area (Å²) >= 11 is 0. The molecule has 1 aromatic rings. The zero-order chi connectivity index (χ0) is 58.7. The molecule has 1 fully saturated rings. The van der Waals surface area contributed by atoms with Crippen LogP contribution in [0.25, 0.3) is 0 Å². The second kappa shape index (κ2) is 44.7. The summed E-state index contributed by atoms with van der Waals surface area (Å²) in [6.07, 6.45) is 44.6. The number of carbonyl (C=O) groups is 2. The predicted molar refractivity (Wildman–Crippen MR) is 313 cm³/mol. The lowest BCUT2D eigenvalue weighted by atomic mass is 9.99. The molecule has 0 saturated carbocycles. The average molecular weight is 1170 g/mol. The molecule has 1 aliphatic heterocycles. The van der Waals surface area contributed by atoms with Gasteiger partial charge in [0.1, 0.15) is 30.7 Å². The van der Waals surface area contributed by atoms with Crippen LogP contribution in [0.2, 0.25) is 0 Å². The van der Waals surface area contributed by atoms with Gasteiger partial charge in [0.25, 0.3) is 0 Å². The maximum atomic E-state index is 12.9. The van der Waals surface area contributed by atoms with Crippen LogP contribution in [0, 0.1) is 5.92 Å². The Bertz CT molecular complexity index is 2170. The summed E-state index contributed by atoms with van der Waals surface area (Å²) in [6, 6.07) is 1.24. The highest BCUT2D eigenvalue weighted by Gasteiger charge is 2.46. The smallest absolute Gasteiger partial charge is 0.462 e. The number of hydrogen-bond donors (Lipinski definition) is 6. The first-order valence-corrected chi connectivity index (χ1v) is 32.4. The van der Waals surface area contributed by atoms with E-state index in [1.165, 1.54) is 102 Å². The Morgan fingerprint density at radius 3 is 1.84 bits per heavy atom. The van der Waals surface area contributed by atoms with Crippen LogP contribution in [-0.4, -0.2) is 96.9 Å². The van der Waals surface area contributed by atoms with Crippen LogP contribution in [0.1, 0.15) is 207 Å². The molecule has 1 aliphatic rings. The molecule has 2 heterocycles. The van der Waals surface area contributed by atoms with E-state index in [2.05, 4.69) is 23.1 Å². The van der Waals surface area contributed by atoms with E-state index < -0.39 is 89.8 Å². The van der Waals surface area contributed by atoms with Crippen LogP contribution in [0.5, 0.6) is 0 Å². The van der Waals surface area contributed by atoms with E-state index in [4.69, 9.17) is 29.0 Å². The molecule has 4 unspecified atom stereocenters. The Kier molecular flexibility index (Phi) is 40.4. The SMILES string of the molecule is CC/C=C\CC(O)/C=C/C=C/C/C=C\C/C=C\C/C=C\CCC(=O)O[C@H](COC(=O)CCCCCCCCCCCCCCCCCCCCC(C)CC)COP(=O)(O)OP(=O)(O)OC[C@H]1O[C@@H](n2ccc(N)nc2=O)[C@H](O)[C@@H]1O. The number of anilines is 1. The van der Waals surface area contributed by atoms with Crippen molar-refractivity contribution in [2.24, 2.45) is 5.92 Å². The third-order valence-corrected chi connectivity index (χ3v) is 16.0. The molecule has 0 bridgehead atoms. The standard InChI is InChI=1S/C59H99N3O16P2/c1-4-6-34-40-50(63)41-36-31-27-23-19-15-13-17-21-25-29-33-38-43-55(65)76-51(46-73-54(64)42-37-32-28-24-20-16-12-10-8-7-9-11-14-18-22-26-30-35-39-49(3)5-2)47-74-79(69,70)78-80(71,72)75-48-52-56(66)57(67)58(77-52)62-45-44-53(60)61-59(62)68/h6,15,17,19,21,27,29,31,33-34,36,41,44-45,49-52,56-58,63,66-67H,4-5,7-14,16,18,20,22-26,28,30,32,35,37-40,42-43,46-48H2,1-3H3,(H,69,70)(H,71,72)(H2,60,61,68)/b19-15-,21-17-,31-27+,33-29-,34-6-,41-36+/t49?,50?,51-,52-,56-,57-,58-/m1/s1. The molecule has 9 atom stereocenters. The van der Waals surface area contributed by atoms with Crippen molar-refractivity contribution < 1.29 is 71.4 Å². The molecule has 2 rings (SSSR count). The van der Waals surface area contributed by atoms with E-state index in [-0.39, 0.29) is 18.7 Å². The first kappa shape index (κ1) is 72.3. The quantitative estimate of drug-likeness (QED) is 0.0116. The Morgan fingerprint density at radius 2 is 1.26 bits per heavy atom. The number of nitrogens with zero attached hydrogens (tertiary/aromatic N) is 2. The van der Waals surface area contributed by atoms with Crippen molar-refractivity contribution in [2.75, 3.05) is 25.6 Å². The minimum absolute atomic E-state index is 0.0921. The van der Waals surface area contributed by atoms with E-state index in [9.17, 15) is 48.6 Å². The molecule has 0 aliphatic carbocycles. The molecule has 19 nitrogen and oxygen atoms in total. The van der Waals surface area contributed by atoms with Crippen molar-refractivity contribution in [3.05, 3.63) is 95.7 Å². The molecule has 456 valence electrons. The van der Waals surface area contributed by atoms with Crippen molar-refractivity contribution in [3.8, 4) is 0 Å². The summed E-state index contributed by atoms with van der Waals surface area (Å²) in [5, 5.41) is 30.9. The number of aliphatic hydroxyl groups excluding tert-OH is 3. The van der Waals surface area contributed by atoms with Gasteiger partial charge in [-0.1, -0.05) is 216 Å². The van der Waals surface area contributed by atoms with Crippen LogP contribution in [0.3, 0.4) is 0 Å². The second-order valence-corrected chi connectivity index (χ2v) is 23.6. The minimum atomic E-state index is -5.46. The van der Waals surface area contributed by atoms with Crippen LogP contribution in [0.4, 0.5) is 5.82 Å². The highest BCUT2D eigenvalue weighted by atomic mass is 31.3. The van der Waals surface area contributed by atoms with E-state index in [1.807, 2.05) is 67.7 Å². The number of aromatic nitrogens is 2. The number of aliphatic hydroxyl groups is 3. The predicted octanol–water partition coefficient (Wildman–Crippen LogP) is 12.4. The molecule has 0 spiro atoms. The van der Waals surface area contributed by atoms with Gasteiger partial charge in [0.2, 0.25) is 0 Å².